The Morgan fingerprint density at radius 1 is 1.17 bits per heavy atom. The summed E-state index contributed by atoms with van der Waals surface area (Å²) in [7, 11) is 0. The number of rotatable bonds is 3. The van der Waals surface area contributed by atoms with Gasteiger partial charge < -0.3 is 14.6 Å². The van der Waals surface area contributed by atoms with E-state index in [4.69, 9.17) is 26.2 Å². The maximum absolute atomic E-state index is 10.9. The second kappa shape index (κ2) is 6.03. The number of nitriles is 1. The summed E-state index contributed by atoms with van der Waals surface area (Å²) < 4.78 is 10.5. The van der Waals surface area contributed by atoms with Crippen molar-refractivity contribution in [1.29, 1.82) is 5.26 Å². The van der Waals surface area contributed by atoms with Crippen LogP contribution in [0.2, 0.25) is 5.02 Å². The molecule has 1 heterocycles. The number of benzene rings is 2. The molecule has 0 amide bonds. The number of ether oxygens (including phenoxy) is 2. The molecule has 1 aliphatic rings. The lowest BCUT2D eigenvalue weighted by Crippen LogP contribution is -1.95. The van der Waals surface area contributed by atoms with Gasteiger partial charge in [0.15, 0.2) is 11.5 Å². The minimum absolute atomic E-state index is 0.139. The molecule has 1 aliphatic heterocycles. The van der Waals surface area contributed by atoms with Crippen molar-refractivity contribution in [3.8, 4) is 17.6 Å². The molecule has 23 heavy (non-hydrogen) atoms. The van der Waals surface area contributed by atoms with Crippen molar-refractivity contribution < 1.29 is 19.4 Å². The fraction of sp³-hybridized carbons (Fsp3) is 0.0588. The molecule has 0 unspecified atom stereocenters. The molecule has 0 fully saturated rings. The summed E-state index contributed by atoms with van der Waals surface area (Å²) in [6.07, 6.45) is 1.63. The van der Waals surface area contributed by atoms with Crippen molar-refractivity contribution in [1.82, 2.24) is 0 Å². The minimum atomic E-state index is -1.02. The number of carboxylic acids is 1. The zero-order valence-corrected chi connectivity index (χ0v) is 12.5. The van der Waals surface area contributed by atoms with E-state index in [0.29, 0.717) is 33.2 Å². The molecule has 2 aromatic rings. The van der Waals surface area contributed by atoms with E-state index in [2.05, 4.69) is 6.07 Å². The van der Waals surface area contributed by atoms with Gasteiger partial charge in [-0.25, -0.2) is 4.79 Å². The topological polar surface area (TPSA) is 79.5 Å². The largest absolute Gasteiger partial charge is 0.478 e. The molecule has 0 saturated carbocycles. The van der Waals surface area contributed by atoms with Crippen LogP contribution in [-0.2, 0) is 0 Å². The number of hydrogen-bond acceptors (Lipinski definition) is 4. The Morgan fingerprint density at radius 3 is 2.39 bits per heavy atom. The summed E-state index contributed by atoms with van der Waals surface area (Å²) in [5, 5.41) is 18.7. The summed E-state index contributed by atoms with van der Waals surface area (Å²) in [6, 6.07) is 11.5. The number of allylic oxidation sites excluding steroid dienone is 1. The van der Waals surface area contributed by atoms with Crippen LogP contribution in [0, 0.1) is 11.3 Å². The van der Waals surface area contributed by atoms with Crippen molar-refractivity contribution in [3.63, 3.8) is 0 Å². The van der Waals surface area contributed by atoms with Gasteiger partial charge in [0.2, 0.25) is 6.79 Å². The molecule has 0 saturated heterocycles. The standard InChI is InChI=1S/C17H10ClNO4/c18-14-7-16-15(22-9-23-16)6-12(14)5-13(8-19)10-1-3-11(4-2-10)17(20)21/h1-7H,9H2,(H,20,21)/b13-5-. The molecular weight excluding hydrogens is 318 g/mol. The molecule has 0 aromatic heterocycles. The summed E-state index contributed by atoms with van der Waals surface area (Å²) in [6.45, 7) is 0.139. The fourth-order valence-electron chi connectivity index (χ4n) is 2.17. The molecule has 114 valence electrons. The van der Waals surface area contributed by atoms with Crippen molar-refractivity contribution in [2.75, 3.05) is 6.79 Å². The first-order chi connectivity index (χ1) is 11.1. The van der Waals surface area contributed by atoms with Crippen LogP contribution in [0.5, 0.6) is 11.5 Å². The molecule has 5 nitrogen and oxygen atoms in total. The van der Waals surface area contributed by atoms with E-state index >= 15 is 0 Å². The number of nitrogens with zero attached hydrogens (tertiary/aromatic N) is 1. The van der Waals surface area contributed by atoms with Crippen LogP contribution in [0.1, 0.15) is 21.5 Å². The number of carbonyl (C=O) groups is 1. The van der Waals surface area contributed by atoms with E-state index < -0.39 is 5.97 Å². The second-order valence-corrected chi connectivity index (χ2v) is 5.19. The minimum Gasteiger partial charge on any atom is -0.478 e. The van der Waals surface area contributed by atoms with E-state index in [0.717, 1.165) is 0 Å². The smallest absolute Gasteiger partial charge is 0.335 e. The monoisotopic (exact) mass is 327 g/mol. The number of fused-ring (bicyclic) bond motifs is 1. The quantitative estimate of drug-likeness (QED) is 0.684. The highest BCUT2D eigenvalue weighted by atomic mass is 35.5. The Kier molecular flexibility index (Phi) is 3.92. The Bertz CT molecular complexity index is 850. The molecular formula is C17H10ClNO4. The predicted octanol–water partition coefficient (Wildman–Crippen LogP) is 3.83. The van der Waals surface area contributed by atoms with Gasteiger partial charge in [0, 0.05) is 6.07 Å². The number of hydrogen-bond donors (Lipinski definition) is 1. The first-order valence-electron chi connectivity index (χ1n) is 6.63. The highest BCUT2D eigenvalue weighted by molar-refractivity contribution is 6.32. The van der Waals surface area contributed by atoms with Gasteiger partial charge in [-0.1, -0.05) is 23.7 Å². The maximum atomic E-state index is 10.9. The van der Waals surface area contributed by atoms with Crippen LogP contribution >= 0.6 is 11.6 Å². The van der Waals surface area contributed by atoms with Crippen LogP contribution in [0.15, 0.2) is 36.4 Å². The fourth-order valence-corrected chi connectivity index (χ4v) is 2.38. The molecule has 2 aromatic carbocycles. The van der Waals surface area contributed by atoms with E-state index in [-0.39, 0.29) is 12.4 Å². The lowest BCUT2D eigenvalue weighted by atomic mass is 10.0. The third-order valence-electron chi connectivity index (χ3n) is 3.36. The second-order valence-electron chi connectivity index (χ2n) is 4.78. The maximum Gasteiger partial charge on any atom is 0.335 e. The van der Waals surface area contributed by atoms with E-state index in [1.807, 2.05) is 0 Å². The summed E-state index contributed by atoms with van der Waals surface area (Å²) in [5.74, 6) is 0.119. The first-order valence-corrected chi connectivity index (χ1v) is 7.01. The third kappa shape index (κ3) is 2.98. The molecule has 3 rings (SSSR count). The zero-order chi connectivity index (χ0) is 16.4. The van der Waals surface area contributed by atoms with Crippen molar-refractivity contribution >= 4 is 29.2 Å². The van der Waals surface area contributed by atoms with Crippen LogP contribution < -0.4 is 9.47 Å². The molecule has 1 N–H and O–H groups in total. The Hall–Kier alpha value is -2.97. The number of halogens is 1. The summed E-state index contributed by atoms with van der Waals surface area (Å²) in [4.78, 5) is 10.9. The SMILES string of the molecule is N#C/C(=C/c1cc2c(cc1Cl)OCO2)c1ccc(C(=O)O)cc1. The molecule has 0 spiro atoms. The van der Waals surface area contributed by atoms with Crippen molar-refractivity contribution in [2.45, 2.75) is 0 Å². The highest BCUT2D eigenvalue weighted by Crippen LogP contribution is 2.38. The number of aromatic carboxylic acids is 1. The van der Waals surface area contributed by atoms with E-state index in [9.17, 15) is 10.1 Å². The van der Waals surface area contributed by atoms with Gasteiger partial charge in [-0.05, 0) is 35.4 Å². The van der Waals surface area contributed by atoms with Crippen LogP contribution in [0.25, 0.3) is 11.6 Å². The van der Waals surface area contributed by atoms with Gasteiger partial charge >= 0.3 is 5.97 Å². The average Bonchev–Trinajstić information content (AvgIpc) is 2.99. The zero-order valence-electron chi connectivity index (χ0n) is 11.7. The van der Waals surface area contributed by atoms with E-state index in [1.165, 1.54) is 12.1 Å². The third-order valence-corrected chi connectivity index (χ3v) is 3.68. The highest BCUT2D eigenvalue weighted by Gasteiger charge is 2.16. The molecule has 0 atom stereocenters. The molecule has 0 aliphatic carbocycles. The lowest BCUT2D eigenvalue weighted by Gasteiger charge is -2.04. The summed E-state index contributed by atoms with van der Waals surface area (Å²) in [5.41, 5.74) is 1.75. The molecule has 0 radical (unpaired) electrons. The van der Waals surface area contributed by atoms with E-state index in [1.54, 1.807) is 30.3 Å². The van der Waals surface area contributed by atoms with Gasteiger partial charge in [-0.2, -0.15) is 5.26 Å². The van der Waals surface area contributed by atoms with Gasteiger partial charge in [-0.15, -0.1) is 0 Å². The van der Waals surface area contributed by atoms with Crippen LogP contribution in [-0.4, -0.2) is 17.9 Å². The van der Waals surface area contributed by atoms with Crippen molar-refractivity contribution in [2.24, 2.45) is 0 Å². The number of carboxylic acid groups (broad SMARTS) is 1. The van der Waals surface area contributed by atoms with Crippen LogP contribution in [0.3, 0.4) is 0 Å². The normalized spacial score (nSPS) is 12.8. The Morgan fingerprint density at radius 2 is 1.78 bits per heavy atom. The Balaban J connectivity index is 1.99. The first kappa shape index (κ1) is 14.9. The predicted molar refractivity (Wildman–Crippen MR) is 84.5 cm³/mol. The van der Waals surface area contributed by atoms with Gasteiger partial charge in [0.1, 0.15) is 0 Å². The van der Waals surface area contributed by atoms with Gasteiger partial charge in [0.05, 0.1) is 22.2 Å². The Labute approximate surface area is 136 Å². The van der Waals surface area contributed by atoms with Gasteiger partial charge in [-0.3, -0.25) is 0 Å². The lowest BCUT2D eigenvalue weighted by molar-refractivity contribution is 0.0697. The van der Waals surface area contributed by atoms with Gasteiger partial charge in [0.25, 0.3) is 0 Å². The average molecular weight is 328 g/mol. The molecule has 0 bridgehead atoms. The molecule has 6 heteroatoms. The van der Waals surface area contributed by atoms with Crippen molar-refractivity contribution in [3.05, 3.63) is 58.1 Å². The van der Waals surface area contributed by atoms with Crippen LogP contribution in [0.4, 0.5) is 0 Å². The summed E-state index contributed by atoms with van der Waals surface area (Å²) >= 11 is 6.20.